The van der Waals surface area contributed by atoms with Crippen LogP contribution < -0.4 is 15.2 Å². The van der Waals surface area contributed by atoms with Crippen molar-refractivity contribution >= 4 is 0 Å². The number of hydrogen-bond acceptors (Lipinski definition) is 5. The second-order valence-electron chi connectivity index (χ2n) is 4.92. The van der Waals surface area contributed by atoms with Gasteiger partial charge in [-0.25, -0.2) is 0 Å². The molecule has 1 aliphatic rings. The third kappa shape index (κ3) is 2.21. The molecule has 2 aromatic rings. The molecule has 0 aromatic heterocycles. The van der Waals surface area contributed by atoms with E-state index in [1.165, 1.54) is 6.07 Å². The first-order valence-electron chi connectivity index (χ1n) is 6.68. The average molecular weight is 294 g/mol. The monoisotopic (exact) mass is 294 g/mol. The highest BCUT2D eigenvalue weighted by Gasteiger charge is 2.30. The lowest BCUT2D eigenvalue weighted by Crippen LogP contribution is -2.20. The average Bonchev–Trinajstić information content (AvgIpc) is 2.53. The number of nitriles is 1. The Morgan fingerprint density at radius 1 is 1.27 bits per heavy atom. The van der Waals surface area contributed by atoms with Crippen molar-refractivity contribution in [3.05, 3.63) is 65.0 Å². The third-order valence-electron chi connectivity index (χ3n) is 3.63. The predicted molar refractivity (Wildman–Crippen MR) is 80.4 cm³/mol. The van der Waals surface area contributed by atoms with Crippen LogP contribution >= 0.6 is 0 Å². The zero-order valence-electron chi connectivity index (χ0n) is 11.9. The van der Waals surface area contributed by atoms with Gasteiger partial charge in [-0.2, -0.15) is 5.26 Å². The number of benzene rings is 2. The Labute approximate surface area is 127 Å². The number of aromatic hydroxyl groups is 1. The van der Waals surface area contributed by atoms with Crippen molar-refractivity contribution in [1.29, 1.82) is 5.26 Å². The van der Waals surface area contributed by atoms with Crippen molar-refractivity contribution in [3.63, 3.8) is 0 Å². The maximum Gasteiger partial charge on any atom is 0.205 e. The topological polar surface area (TPSA) is 88.5 Å². The largest absolute Gasteiger partial charge is 0.508 e. The molecule has 2 aromatic carbocycles. The van der Waals surface area contributed by atoms with Crippen molar-refractivity contribution in [1.82, 2.24) is 0 Å². The van der Waals surface area contributed by atoms with E-state index in [-0.39, 0.29) is 17.6 Å². The number of allylic oxidation sites excluding steroid dienone is 1. The minimum absolute atomic E-state index is 0.0495. The maximum absolute atomic E-state index is 9.61. The molecule has 3 N–H and O–H groups in total. The molecule has 0 saturated heterocycles. The number of methoxy groups -OCH3 is 1. The van der Waals surface area contributed by atoms with E-state index >= 15 is 0 Å². The van der Waals surface area contributed by atoms with Gasteiger partial charge in [0.05, 0.1) is 13.0 Å². The summed E-state index contributed by atoms with van der Waals surface area (Å²) in [5, 5.41) is 19.1. The molecule has 0 aliphatic carbocycles. The number of phenolic OH excluding ortho intramolecular Hbond substituents is 1. The SMILES string of the molecule is COc1cccc(C2C(C#N)=C(N)Oc3cc(O)ccc32)c1. The van der Waals surface area contributed by atoms with Gasteiger partial charge in [0.1, 0.15) is 28.9 Å². The number of fused-ring (bicyclic) bond motifs is 1. The van der Waals surface area contributed by atoms with Gasteiger partial charge in [0.15, 0.2) is 0 Å². The van der Waals surface area contributed by atoms with Crippen LogP contribution in [0.2, 0.25) is 0 Å². The standard InChI is InChI=1S/C17H14N2O3/c1-21-12-4-2-3-10(7-12)16-13-6-5-11(20)8-15(13)22-17(19)14(16)9-18/h2-8,16,20H,19H2,1H3. The zero-order valence-corrected chi connectivity index (χ0v) is 11.9. The fourth-order valence-corrected chi connectivity index (χ4v) is 2.61. The minimum atomic E-state index is -0.357. The summed E-state index contributed by atoms with van der Waals surface area (Å²) in [5.74, 6) is 0.915. The van der Waals surface area contributed by atoms with E-state index in [4.69, 9.17) is 15.2 Å². The van der Waals surface area contributed by atoms with Gasteiger partial charge in [-0.1, -0.05) is 18.2 Å². The van der Waals surface area contributed by atoms with E-state index in [9.17, 15) is 10.4 Å². The van der Waals surface area contributed by atoms with Crippen molar-refractivity contribution in [3.8, 4) is 23.3 Å². The Hall–Kier alpha value is -3.13. The Balaban J connectivity index is 2.21. The fourth-order valence-electron chi connectivity index (χ4n) is 2.61. The molecule has 0 amide bonds. The van der Waals surface area contributed by atoms with Crippen molar-refractivity contribution in [2.24, 2.45) is 5.73 Å². The Morgan fingerprint density at radius 2 is 2.09 bits per heavy atom. The van der Waals surface area contributed by atoms with Crippen LogP contribution in [0.4, 0.5) is 0 Å². The summed E-state index contributed by atoms with van der Waals surface area (Å²) in [4.78, 5) is 0. The first-order valence-corrected chi connectivity index (χ1v) is 6.68. The van der Waals surface area contributed by atoms with Gasteiger partial charge < -0.3 is 20.3 Å². The zero-order chi connectivity index (χ0) is 15.7. The van der Waals surface area contributed by atoms with Crippen LogP contribution in [-0.4, -0.2) is 12.2 Å². The van der Waals surface area contributed by atoms with E-state index in [0.29, 0.717) is 17.1 Å². The molecular weight excluding hydrogens is 280 g/mol. The molecular formula is C17H14N2O3. The van der Waals surface area contributed by atoms with Crippen LogP contribution in [0.25, 0.3) is 0 Å². The third-order valence-corrected chi connectivity index (χ3v) is 3.63. The minimum Gasteiger partial charge on any atom is -0.508 e. The quantitative estimate of drug-likeness (QED) is 0.888. The van der Waals surface area contributed by atoms with Crippen LogP contribution in [0.5, 0.6) is 17.2 Å². The molecule has 1 atom stereocenters. The molecule has 0 saturated carbocycles. The molecule has 0 radical (unpaired) electrons. The maximum atomic E-state index is 9.61. The molecule has 1 unspecified atom stereocenters. The molecule has 0 spiro atoms. The summed E-state index contributed by atoms with van der Waals surface area (Å²) >= 11 is 0. The Morgan fingerprint density at radius 3 is 2.82 bits per heavy atom. The second kappa shape index (κ2) is 5.34. The van der Waals surface area contributed by atoms with Crippen LogP contribution in [-0.2, 0) is 0 Å². The molecule has 110 valence electrons. The van der Waals surface area contributed by atoms with E-state index < -0.39 is 0 Å². The highest BCUT2D eigenvalue weighted by molar-refractivity contribution is 5.57. The summed E-state index contributed by atoms with van der Waals surface area (Å²) in [7, 11) is 1.59. The lowest BCUT2D eigenvalue weighted by atomic mass is 9.83. The van der Waals surface area contributed by atoms with E-state index in [0.717, 1.165) is 11.1 Å². The van der Waals surface area contributed by atoms with Crippen LogP contribution in [0, 0.1) is 11.3 Å². The van der Waals surface area contributed by atoms with Crippen LogP contribution in [0.1, 0.15) is 17.0 Å². The van der Waals surface area contributed by atoms with Crippen molar-refractivity contribution in [2.75, 3.05) is 7.11 Å². The second-order valence-corrected chi connectivity index (χ2v) is 4.92. The molecule has 1 heterocycles. The molecule has 0 bridgehead atoms. The number of nitrogens with zero attached hydrogens (tertiary/aromatic N) is 1. The van der Waals surface area contributed by atoms with E-state index in [2.05, 4.69) is 6.07 Å². The molecule has 3 rings (SSSR count). The summed E-state index contributed by atoms with van der Waals surface area (Å²) in [6.45, 7) is 0. The highest BCUT2D eigenvalue weighted by Crippen LogP contribution is 2.43. The normalized spacial score (nSPS) is 16.5. The number of rotatable bonds is 2. The van der Waals surface area contributed by atoms with Gasteiger partial charge in [-0.05, 0) is 23.8 Å². The molecule has 5 heteroatoms. The van der Waals surface area contributed by atoms with Gasteiger partial charge >= 0.3 is 0 Å². The summed E-state index contributed by atoms with van der Waals surface area (Å²) < 4.78 is 10.7. The van der Waals surface area contributed by atoms with Crippen LogP contribution in [0.3, 0.4) is 0 Å². The first kappa shape index (κ1) is 13.8. The summed E-state index contributed by atoms with van der Waals surface area (Å²) in [6, 6.07) is 14.4. The number of ether oxygens (including phenoxy) is 2. The van der Waals surface area contributed by atoms with E-state index in [1.54, 1.807) is 19.2 Å². The van der Waals surface area contributed by atoms with Gasteiger partial charge in [0, 0.05) is 11.6 Å². The molecule has 0 fully saturated rings. The first-order chi connectivity index (χ1) is 10.6. The summed E-state index contributed by atoms with van der Waals surface area (Å²) in [6.07, 6.45) is 0. The van der Waals surface area contributed by atoms with Crippen LogP contribution in [0.15, 0.2) is 53.9 Å². The van der Waals surface area contributed by atoms with Gasteiger partial charge in [-0.15, -0.1) is 0 Å². The Kier molecular flexibility index (Phi) is 3.36. The Bertz CT molecular complexity index is 806. The molecule has 1 aliphatic heterocycles. The smallest absolute Gasteiger partial charge is 0.205 e. The van der Waals surface area contributed by atoms with Gasteiger partial charge in [-0.3, -0.25) is 0 Å². The highest BCUT2D eigenvalue weighted by atomic mass is 16.5. The number of nitrogens with two attached hydrogens (primary N) is 1. The summed E-state index contributed by atoms with van der Waals surface area (Å²) in [5.41, 5.74) is 7.86. The van der Waals surface area contributed by atoms with Crippen molar-refractivity contribution < 1.29 is 14.6 Å². The number of hydrogen-bond donors (Lipinski definition) is 2. The fraction of sp³-hybridized carbons (Fsp3) is 0.118. The molecule has 22 heavy (non-hydrogen) atoms. The number of phenols is 1. The van der Waals surface area contributed by atoms with Gasteiger partial charge in [0.25, 0.3) is 0 Å². The van der Waals surface area contributed by atoms with Crippen molar-refractivity contribution in [2.45, 2.75) is 5.92 Å². The lowest BCUT2D eigenvalue weighted by Gasteiger charge is -2.26. The lowest BCUT2D eigenvalue weighted by molar-refractivity contribution is 0.387. The predicted octanol–water partition coefficient (Wildman–Crippen LogP) is 2.62. The van der Waals surface area contributed by atoms with E-state index in [1.807, 2.05) is 24.3 Å². The van der Waals surface area contributed by atoms with Gasteiger partial charge in [0.2, 0.25) is 5.88 Å². The molecule has 5 nitrogen and oxygen atoms in total.